The Balaban J connectivity index is 4.54. The summed E-state index contributed by atoms with van der Waals surface area (Å²) in [5.41, 5.74) is 4.96. The molecule has 2 unspecified atom stereocenters. The van der Waals surface area contributed by atoms with Crippen molar-refractivity contribution < 1.29 is 43.4 Å². The maximum Gasteiger partial charge on any atom is 0.407 e. The van der Waals surface area contributed by atoms with Crippen molar-refractivity contribution >= 4 is 51.6 Å². The van der Waals surface area contributed by atoms with Crippen LogP contribution in [-0.2, 0) is 33.5 Å². The number of nitrogens with two attached hydrogens (primary N) is 1. The first-order chi connectivity index (χ1) is 18.0. The number of carboxylic acid groups (broad SMARTS) is 1. The Morgan fingerprint density at radius 2 is 1.54 bits per heavy atom. The van der Waals surface area contributed by atoms with Crippen LogP contribution < -0.4 is 32.3 Å². The highest BCUT2D eigenvalue weighted by Gasteiger charge is 2.26. The minimum atomic E-state index is -1.55. The van der Waals surface area contributed by atoms with Crippen LogP contribution >= 0.6 is 10.0 Å². The summed E-state index contributed by atoms with van der Waals surface area (Å²) in [6.45, 7) is 2.67. The average molecular weight is 579 g/mol. The number of aliphatic carboxylic acids is 1. The lowest BCUT2D eigenvalue weighted by molar-refractivity contribution is -0.143. The van der Waals surface area contributed by atoms with Gasteiger partial charge >= 0.3 is 12.1 Å². The van der Waals surface area contributed by atoms with Gasteiger partial charge in [0.1, 0.15) is 24.7 Å². The maximum absolute atomic E-state index is 12.5. The normalized spacial score (nSPS) is 13.6. The second-order valence-corrected chi connectivity index (χ2v) is 14.3. The number of primary amides is 1. The molecule has 0 aromatic heterocycles. The first-order valence-electron chi connectivity index (χ1n) is 12.2. The smallest absolute Gasteiger partial charge is 0.407 e. The molecule has 0 saturated heterocycles. The molecule has 0 spiro atoms. The molecule has 0 saturated carbocycles. The number of alkyl carbamates (subject to hydrolysis) is 1. The second kappa shape index (κ2) is 17.9. The lowest BCUT2D eigenvalue weighted by Crippen LogP contribution is -2.53. The molecule has 6 amide bonds. The van der Waals surface area contributed by atoms with Crippen LogP contribution in [0.2, 0.25) is 0 Å². The van der Waals surface area contributed by atoms with Crippen molar-refractivity contribution in [2.24, 2.45) is 5.73 Å². The van der Waals surface area contributed by atoms with Gasteiger partial charge in [0, 0.05) is 19.2 Å². The molecule has 0 radical (unpaired) electrons. The van der Waals surface area contributed by atoms with Gasteiger partial charge in [-0.15, -0.1) is 0 Å². The zero-order chi connectivity index (χ0) is 30.2. The van der Waals surface area contributed by atoms with E-state index in [0.717, 1.165) is 5.75 Å². The average Bonchev–Trinajstić information content (AvgIpc) is 2.79. The Bertz CT molecular complexity index is 894. The van der Waals surface area contributed by atoms with Crippen LogP contribution in [0.1, 0.15) is 39.5 Å². The number of carbonyl (C=O) groups excluding carboxylic acids is 6. The molecule has 15 nitrogen and oxygen atoms in total. The largest absolute Gasteiger partial charge is 0.480 e. The minimum Gasteiger partial charge on any atom is -0.480 e. The van der Waals surface area contributed by atoms with Crippen molar-refractivity contribution in [2.75, 3.05) is 44.2 Å². The van der Waals surface area contributed by atoms with Crippen molar-refractivity contribution in [3.63, 3.8) is 0 Å². The fraction of sp³-hybridized carbons (Fsp3) is 0.696. The Hall–Kier alpha value is -3.56. The summed E-state index contributed by atoms with van der Waals surface area (Å²) < 4.78 is 5.12. The molecule has 0 heterocycles. The molecule has 0 aromatic rings. The van der Waals surface area contributed by atoms with E-state index in [1.165, 1.54) is 13.8 Å². The van der Waals surface area contributed by atoms with Crippen LogP contribution in [0.15, 0.2) is 0 Å². The van der Waals surface area contributed by atoms with Gasteiger partial charge in [-0.05, 0) is 45.0 Å². The number of hydrogen-bond acceptors (Lipinski definition) is 8. The van der Waals surface area contributed by atoms with Crippen molar-refractivity contribution in [2.45, 2.75) is 57.7 Å². The van der Waals surface area contributed by atoms with Crippen molar-refractivity contribution in [1.82, 2.24) is 26.6 Å². The maximum atomic E-state index is 12.5. The van der Waals surface area contributed by atoms with Gasteiger partial charge < -0.3 is 42.2 Å². The van der Waals surface area contributed by atoms with E-state index < -0.39 is 82.7 Å². The predicted octanol–water partition coefficient (Wildman–Crippen LogP) is -1.85. The topological polar surface area (TPSA) is 235 Å². The summed E-state index contributed by atoms with van der Waals surface area (Å²) in [5, 5.41) is 20.9. The first kappa shape index (κ1) is 35.4. The third-order valence-corrected chi connectivity index (χ3v) is 6.42. The van der Waals surface area contributed by atoms with Crippen LogP contribution in [0.5, 0.6) is 0 Å². The van der Waals surface area contributed by atoms with Crippen LogP contribution in [0.4, 0.5) is 4.79 Å². The SMILES string of the molecule is CC(=O)N[C@@H](CCCCNC(=O)OCCS(C)(C)C)C(=O)NCC(=O)NC(C)C(=O)NC(CC(N)=O)C(=O)O. The van der Waals surface area contributed by atoms with Gasteiger partial charge in [0.2, 0.25) is 29.5 Å². The summed E-state index contributed by atoms with van der Waals surface area (Å²) in [6.07, 6.45) is 6.46. The molecule has 0 aliphatic rings. The number of rotatable bonds is 18. The highest BCUT2D eigenvalue weighted by atomic mass is 32.3. The molecule has 8 N–H and O–H groups in total. The number of ether oxygens (including phenoxy) is 1. The molecule has 39 heavy (non-hydrogen) atoms. The molecule has 0 bridgehead atoms. The van der Waals surface area contributed by atoms with E-state index in [-0.39, 0.29) is 6.42 Å². The zero-order valence-corrected chi connectivity index (χ0v) is 23.9. The highest BCUT2D eigenvalue weighted by Crippen LogP contribution is 2.33. The van der Waals surface area contributed by atoms with E-state index in [1.54, 1.807) is 0 Å². The molecule has 0 fully saturated rings. The van der Waals surface area contributed by atoms with Crippen molar-refractivity contribution in [3.05, 3.63) is 0 Å². The van der Waals surface area contributed by atoms with E-state index in [0.29, 0.717) is 26.0 Å². The molecule has 0 rings (SSSR count). The van der Waals surface area contributed by atoms with Crippen LogP contribution in [0.3, 0.4) is 0 Å². The molecule has 3 atom stereocenters. The molecule has 0 aromatic carbocycles. The van der Waals surface area contributed by atoms with Gasteiger partial charge in [-0.25, -0.2) is 19.6 Å². The van der Waals surface area contributed by atoms with E-state index >= 15 is 0 Å². The predicted molar refractivity (Wildman–Crippen MR) is 145 cm³/mol. The van der Waals surface area contributed by atoms with Crippen LogP contribution in [0, 0.1) is 0 Å². The van der Waals surface area contributed by atoms with Crippen LogP contribution in [0.25, 0.3) is 0 Å². The van der Waals surface area contributed by atoms with E-state index in [1.807, 2.05) is 0 Å². The molecule has 16 heteroatoms. The third-order valence-electron chi connectivity index (χ3n) is 5.03. The standard InChI is InChI=1S/C23H42N6O9S/c1-14(20(33)29-17(22(35)36)12-18(24)31)27-19(32)13-26-21(34)16(28-15(2)30)8-6-7-9-25-23(37)38-10-11-39(3,4)5/h14,16-17H,6-13H2,1-5H3,(H2,24,31)(H,25,37)(H,26,34)(H,27,32)(H,28,30)(H,29,33)(H,35,36)/t14?,16-,17?/m0/s1. The van der Waals surface area contributed by atoms with Crippen molar-refractivity contribution in [1.29, 1.82) is 0 Å². The summed E-state index contributed by atoms with van der Waals surface area (Å²) in [6, 6.07) is -3.66. The number of carbonyl (C=O) groups is 7. The lowest BCUT2D eigenvalue weighted by atomic mass is 10.1. The molecule has 0 aliphatic heterocycles. The number of carboxylic acids is 1. The van der Waals surface area contributed by atoms with Gasteiger partial charge in [0.05, 0.1) is 13.0 Å². The number of nitrogens with one attached hydrogen (secondary N) is 5. The molecule has 224 valence electrons. The quantitative estimate of drug-likeness (QED) is 0.0902. The van der Waals surface area contributed by atoms with Gasteiger partial charge in [0.25, 0.3) is 0 Å². The van der Waals surface area contributed by atoms with E-state index in [4.69, 9.17) is 15.6 Å². The van der Waals surface area contributed by atoms with Crippen LogP contribution in [-0.4, -0.2) is 109 Å². The summed E-state index contributed by atoms with van der Waals surface area (Å²) in [4.78, 5) is 82.1. The number of amides is 6. The molecule has 0 aliphatic carbocycles. The second-order valence-electron chi connectivity index (χ2n) is 9.68. The Morgan fingerprint density at radius 1 is 0.897 bits per heavy atom. The number of hydrogen-bond donors (Lipinski definition) is 7. The number of unbranched alkanes of at least 4 members (excludes halogenated alkanes) is 1. The Kier molecular flexibility index (Phi) is 16.2. The third kappa shape index (κ3) is 18.4. The van der Waals surface area contributed by atoms with Gasteiger partial charge in [-0.2, -0.15) is 0 Å². The van der Waals surface area contributed by atoms with Gasteiger partial charge in [0.15, 0.2) is 0 Å². The van der Waals surface area contributed by atoms with Crippen molar-refractivity contribution in [3.8, 4) is 0 Å². The monoisotopic (exact) mass is 578 g/mol. The van der Waals surface area contributed by atoms with E-state index in [9.17, 15) is 33.6 Å². The first-order valence-corrected chi connectivity index (χ1v) is 15.3. The highest BCUT2D eigenvalue weighted by molar-refractivity contribution is 8.32. The summed E-state index contributed by atoms with van der Waals surface area (Å²) in [7, 11) is -0.762. The minimum absolute atomic E-state index is 0.242. The fourth-order valence-electron chi connectivity index (χ4n) is 2.96. The van der Waals surface area contributed by atoms with Gasteiger partial charge in [-0.1, -0.05) is 0 Å². The van der Waals surface area contributed by atoms with E-state index in [2.05, 4.69) is 45.4 Å². The summed E-state index contributed by atoms with van der Waals surface area (Å²) in [5.74, 6) is -4.28. The molecular weight excluding hydrogens is 536 g/mol. The molecular formula is C23H42N6O9S. The summed E-state index contributed by atoms with van der Waals surface area (Å²) >= 11 is 0. The van der Waals surface area contributed by atoms with Gasteiger partial charge in [-0.3, -0.25) is 24.0 Å². The fourth-order valence-corrected chi connectivity index (χ4v) is 3.54. The Labute approximate surface area is 229 Å². The Morgan fingerprint density at radius 3 is 2.08 bits per heavy atom. The zero-order valence-electron chi connectivity index (χ0n) is 23.1. The lowest BCUT2D eigenvalue weighted by Gasteiger charge is -2.24.